The Morgan fingerprint density at radius 2 is 1.96 bits per heavy atom. The van der Waals surface area contributed by atoms with Gasteiger partial charge in [0.1, 0.15) is 5.82 Å². The summed E-state index contributed by atoms with van der Waals surface area (Å²) in [4.78, 5) is 5.72. The second-order valence-corrected chi connectivity index (χ2v) is 6.30. The van der Waals surface area contributed by atoms with Crippen LogP contribution < -0.4 is 15.9 Å². The second-order valence-electron chi connectivity index (χ2n) is 6.30. The molecule has 2 N–H and O–H groups in total. The molecular formula is C21H26FN3. The SMILES string of the molecule is CC/C=C/C=c1/[nH]cc(-c2ccccc2F)/c1=C(/C)N1CCNCC1. The number of hydrogen-bond donors (Lipinski definition) is 2. The number of rotatable bonds is 4. The largest absolute Gasteiger partial charge is 0.372 e. The van der Waals surface area contributed by atoms with Gasteiger partial charge in [0.05, 0.1) is 0 Å². The third kappa shape index (κ3) is 3.85. The van der Waals surface area contributed by atoms with Crippen molar-refractivity contribution in [2.75, 3.05) is 26.2 Å². The molecule has 25 heavy (non-hydrogen) atoms. The second kappa shape index (κ2) is 8.17. The van der Waals surface area contributed by atoms with E-state index in [1.807, 2.05) is 18.3 Å². The third-order valence-electron chi connectivity index (χ3n) is 4.66. The van der Waals surface area contributed by atoms with Crippen molar-refractivity contribution in [3.8, 4) is 11.1 Å². The van der Waals surface area contributed by atoms with Crippen LogP contribution in [0.2, 0.25) is 0 Å². The van der Waals surface area contributed by atoms with Crippen LogP contribution in [0.1, 0.15) is 20.3 Å². The molecule has 3 nitrogen and oxygen atoms in total. The van der Waals surface area contributed by atoms with Gasteiger partial charge in [-0.3, -0.25) is 0 Å². The molecule has 132 valence electrons. The van der Waals surface area contributed by atoms with Crippen molar-refractivity contribution in [1.82, 2.24) is 15.2 Å². The van der Waals surface area contributed by atoms with Crippen molar-refractivity contribution in [3.05, 3.63) is 59.0 Å². The van der Waals surface area contributed by atoms with Crippen LogP contribution in [0.15, 0.2) is 42.6 Å². The predicted octanol–water partition coefficient (Wildman–Crippen LogP) is 2.60. The lowest BCUT2D eigenvalue weighted by Gasteiger charge is -2.30. The van der Waals surface area contributed by atoms with E-state index in [1.54, 1.807) is 6.07 Å². The number of H-pyrrole nitrogens is 1. The first-order valence-corrected chi connectivity index (χ1v) is 8.98. The Morgan fingerprint density at radius 3 is 2.68 bits per heavy atom. The molecular weight excluding hydrogens is 313 g/mol. The van der Waals surface area contributed by atoms with Gasteiger partial charge in [-0.1, -0.05) is 37.3 Å². The summed E-state index contributed by atoms with van der Waals surface area (Å²) in [5.74, 6) is -0.188. The number of aromatic nitrogens is 1. The number of nitrogens with zero attached hydrogens (tertiary/aromatic N) is 1. The van der Waals surface area contributed by atoms with Crippen molar-refractivity contribution in [3.63, 3.8) is 0 Å². The van der Waals surface area contributed by atoms with Gasteiger partial charge >= 0.3 is 0 Å². The maximum Gasteiger partial charge on any atom is 0.131 e. The number of nitrogens with one attached hydrogen (secondary N) is 2. The molecule has 0 unspecified atom stereocenters. The molecule has 0 saturated carbocycles. The summed E-state index contributed by atoms with van der Waals surface area (Å²) in [7, 11) is 0. The maximum absolute atomic E-state index is 14.4. The fourth-order valence-electron chi connectivity index (χ4n) is 3.31. The summed E-state index contributed by atoms with van der Waals surface area (Å²) in [5.41, 5.74) is 2.75. The van der Waals surface area contributed by atoms with E-state index in [-0.39, 0.29) is 5.82 Å². The van der Waals surface area contributed by atoms with Crippen molar-refractivity contribution in [2.45, 2.75) is 20.3 Å². The number of piperazine rings is 1. The summed E-state index contributed by atoms with van der Waals surface area (Å²) in [6.07, 6.45) is 9.17. The van der Waals surface area contributed by atoms with E-state index < -0.39 is 0 Å². The lowest BCUT2D eigenvalue weighted by molar-refractivity contribution is 0.336. The Labute approximate surface area is 148 Å². The van der Waals surface area contributed by atoms with Gasteiger partial charge in [0, 0.05) is 59.8 Å². The molecule has 1 aliphatic heterocycles. The maximum atomic E-state index is 14.4. The highest BCUT2D eigenvalue weighted by molar-refractivity contribution is 5.68. The zero-order valence-corrected chi connectivity index (χ0v) is 15.0. The Morgan fingerprint density at radius 1 is 1.20 bits per heavy atom. The standard InChI is InChI=1S/C21H26FN3/c1-3-4-5-10-20-21(16(2)25-13-11-23-12-14-25)18(15-24-20)17-8-6-7-9-19(17)22/h4-10,15,23-24H,3,11-14H2,1-2H3/b5-4+,20-10+,21-16+. The zero-order valence-electron chi connectivity index (χ0n) is 15.0. The molecule has 1 fully saturated rings. The number of halogens is 1. The number of allylic oxidation sites excluding steroid dienone is 2. The zero-order chi connectivity index (χ0) is 17.6. The van der Waals surface area contributed by atoms with E-state index in [0.29, 0.717) is 5.56 Å². The summed E-state index contributed by atoms with van der Waals surface area (Å²) in [6.45, 7) is 8.15. The quantitative estimate of drug-likeness (QED) is 0.897. The van der Waals surface area contributed by atoms with Crippen LogP contribution in [-0.2, 0) is 0 Å². The van der Waals surface area contributed by atoms with Crippen LogP contribution in [-0.4, -0.2) is 36.1 Å². The van der Waals surface area contributed by atoms with E-state index in [9.17, 15) is 4.39 Å². The third-order valence-corrected chi connectivity index (χ3v) is 4.66. The fraction of sp³-hybridized carbons (Fsp3) is 0.333. The highest BCUT2D eigenvalue weighted by Crippen LogP contribution is 2.19. The van der Waals surface area contributed by atoms with E-state index in [1.165, 1.54) is 11.8 Å². The van der Waals surface area contributed by atoms with Crippen LogP contribution in [0, 0.1) is 5.82 Å². The number of benzene rings is 1. The Balaban J connectivity index is 2.22. The van der Waals surface area contributed by atoms with Crippen LogP contribution in [0.3, 0.4) is 0 Å². The molecule has 1 aliphatic rings. The van der Waals surface area contributed by atoms with Gasteiger partial charge in [-0.2, -0.15) is 0 Å². The molecule has 1 aromatic carbocycles. The highest BCUT2D eigenvalue weighted by Gasteiger charge is 2.15. The molecule has 0 spiro atoms. The highest BCUT2D eigenvalue weighted by atomic mass is 19.1. The monoisotopic (exact) mass is 339 g/mol. The molecule has 1 aromatic heterocycles. The van der Waals surface area contributed by atoms with Crippen LogP contribution in [0.4, 0.5) is 4.39 Å². The predicted molar refractivity (Wildman–Crippen MR) is 103 cm³/mol. The van der Waals surface area contributed by atoms with Crippen LogP contribution in [0.25, 0.3) is 22.9 Å². The minimum atomic E-state index is -0.188. The van der Waals surface area contributed by atoms with Crippen LogP contribution in [0.5, 0.6) is 0 Å². The van der Waals surface area contributed by atoms with Crippen molar-refractivity contribution in [1.29, 1.82) is 0 Å². The Kier molecular flexibility index (Phi) is 5.71. The van der Waals surface area contributed by atoms with Gasteiger partial charge < -0.3 is 15.2 Å². The van der Waals surface area contributed by atoms with Gasteiger partial charge in [-0.15, -0.1) is 0 Å². The van der Waals surface area contributed by atoms with Gasteiger partial charge in [0.25, 0.3) is 0 Å². The summed E-state index contributed by atoms with van der Waals surface area (Å²) < 4.78 is 14.4. The molecule has 4 heteroatoms. The molecule has 1 saturated heterocycles. The summed E-state index contributed by atoms with van der Waals surface area (Å²) in [6, 6.07) is 6.98. The molecule has 0 bridgehead atoms. The van der Waals surface area contributed by atoms with Crippen molar-refractivity contribution >= 4 is 11.8 Å². The molecule has 0 aliphatic carbocycles. The smallest absolute Gasteiger partial charge is 0.131 e. The Hall–Kier alpha value is -2.33. The molecule has 3 rings (SSSR count). The first-order valence-electron chi connectivity index (χ1n) is 8.98. The lowest BCUT2D eigenvalue weighted by Crippen LogP contribution is -2.44. The van der Waals surface area contributed by atoms with E-state index >= 15 is 0 Å². The van der Waals surface area contributed by atoms with Gasteiger partial charge in [-0.25, -0.2) is 4.39 Å². The summed E-state index contributed by atoms with van der Waals surface area (Å²) >= 11 is 0. The lowest BCUT2D eigenvalue weighted by atomic mass is 10.0. The van der Waals surface area contributed by atoms with Gasteiger partial charge in [0.15, 0.2) is 0 Å². The Bertz CT molecular complexity index is 858. The average molecular weight is 339 g/mol. The minimum absolute atomic E-state index is 0.188. The van der Waals surface area contributed by atoms with E-state index in [0.717, 1.165) is 48.7 Å². The fourth-order valence-corrected chi connectivity index (χ4v) is 3.31. The normalized spacial score (nSPS) is 17.4. The molecule has 0 amide bonds. The minimum Gasteiger partial charge on any atom is -0.372 e. The molecule has 2 heterocycles. The topological polar surface area (TPSA) is 31.1 Å². The number of aromatic amines is 1. The van der Waals surface area contributed by atoms with E-state index in [2.05, 4.69) is 47.3 Å². The molecule has 0 atom stereocenters. The molecule has 2 aromatic rings. The average Bonchev–Trinajstić information content (AvgIpc) is 3.06. The van der Waals surface area contributed by atoms with Crippen LogP contribution >= 0.6 is 0 Å². The first kappa shape index (κ1) is 17.5. The van der Waals surface area contributed by atoms with Gasteiger partial charge in [0.2, 0.25) is 0 Å². The molecule has 0 radical (unpaired) electrons. The van der Waals surface area contributed by atoms with Crippen molar-refractivity contribution < 1.29 is 4.39 Å². The van der Waals surface area contributed by atoms with E-state index in [4.69, 9.17) is 0 Å². The van der Waals surface area contributed by atoms with Gasteiger partial charge in [-0.05, 0) is 25.5 Å². The summed E-state index contributed by atoms with van der Waals surface area (Å²) in [5, 5.41) is 5.50. The number of hydrogen-bond acceptors (Lipinski definition) is 2. The van der Waals surface area contributed by atoms with Crippen molar-refractivity contribution in [2.24, 2.45) is 0 Å². The first-order chi connectivity index (χ1) is 12.2.